The van der Waals surface area contributed by atoms with Crippen LogP contribution in [0.15, 0.2) is 11.6 Å². The minimum Gasteiger partial charge on any atom is -0.459 e. The zero-order chi connectivity index (χ0) is 48.6. The first kappa shape index (κ1) is 51.0. The second kappa shape index (κ2) is 19.8. The Morgan fingerprint density at radius 1 is 0.706 bits per heavy atom. The zero-order valence-electron chi connectivity index (χ0n) is 40.2. The maximum absolute atomic E-state index is 12.6. The lowest BCUT2D eigenvalue weighted by atomic mass is 9.43. The van der Waals surface area contributed by atoms with E-state index in [0.29, 0.717) is 18.4 Å². The molecule has 25 atom stereocenters. The van der Waals surface area contributed by atoms with Gasteiger partial charge >= 0.3 is 11.9 Å². The fraction of sp³-hybridized carbons (Fsp3) is 0.918. The lowest BCUT2D eigenvalue weighted by molar-refractivity contribution is -0.355. The van der Waals surface area contributed by atoms with Crippen LogP contribution in [0, 0.1) is 34.5 Å². The van der Waals surface area contributed by atoms with Crippen LogP contribution in [0.2, 0.25) is 0 Å². The first-order chi connectivity index (χ1) is 32.2. The maximum atomic E-state index is 12.6. The van der Waals surface area contributed by atoms with Gasteiger partial charge in [-0.05, 0) is 113 Å². The third-order valence-corrected chi connectivity index (χ3v) is 18.3. The second-order valence-electron chi connectivity index (χ2n) is 22.1. The van der Waals surface area contributed by atoms with Gasteiger partial charge < -0.3 is 83.1 Å². The van der Waals surface area contributed by atoms with Crippen LogP contribution >= 0.6 is 0 Å². The molecule has 5 aliphatic heterocycles. The van der Waals surface area contributed by atoms with Gasteiger partial charge in [0.1, 0.15) is 55.4 Å². The van der Waals surface area contributed by atoms with E-state index in [1.54, 1.807) is 19.9 Å². The molecule has 0 unspecified atom stereocenters. The van der Waals surface area contributed by atoms with Crippen molar-refractivity contribution >= 4 is 11.9 Å². The molecule has 0 amide bonds. The van der Waals surface area contributed by atoms with Crippen molar-refractivity contribution in [1.82, 2.24) is 0 Å². The minimum atomic E-state index is -1.68. The zero-order valence-corrected chi connectivity index (χ0v) is 40.2. The van der Waals surface area contributed by atoms with Crippen LogP contribution in [0.4, 0.5) is 0 Å². The van der Waals surface area contributed by atoms with E-state index in [9.17, 15) is 45.3 Å². The molecule has 0 aromatic rings. The van der Waals surface area contributed by atoms with E-state index in [1.807, 2.05) is 6.92 Å². The van der Waals surface area contributed by atoms with E-state index < -0.39 is 123 Å². The van der Waals surface area contributed by atoms with Crippen LogP contribution in [-0.4, -0.2) is 177 Å². The third-order valence-electron chi connectivity index (χ3n) is 18.3. The summed E-state index contributed by atoms with van der Waals surface area (Å²) in [6.07, 6.45) is -7.65. The molecule has 7 N–H and O–H groups in total. The first-order valence-electron chi connectivity index (χ1n) is 25.2. The number of aliphatic hydroxyl groups is 7. The van der Waals surface area contributed by atoms with Gasteiger partial charge in [0.25, 0.3) is 0 Å². The first-order valence-corrected chi connectivity index (χ1v) is 25.2. The Morgan fingerprint density at radius 3 is 1.94 bits per heavy atom. The average molecular weight is 969 g/mol. The number of fused-ring (bicyclic) bond motifs is 5. The van der Waals surface area contributed by atoms with Gasteiger partial charge in [0.15, 0.2) is 25.2 Å². The predicted octanol–water partition coefficient (Wildman–Crippen LogP) is 1.64. The number of cyclic esters (lactones) is 1. The summed E-state index contributed by atoms with van der Waals surface area (Å²) >= 11 is 0. The number of carbonyl (C=O) groups is 2. The maximum Gasteiger partial charge on any atom is 0.331 e. The summed E-state index contributed by atoms with van der Waals surface area (Å²) in [4.78, 5) is 24.2. The van der Waals surface area contributed by atoms with Crippen LogP contribution in [0.5, 0.6) is 0 Å². The minimum absolute atomic E-state index is 0.0126. The molecule has 4 saturated carbocycles. The summed E-state index contributed by atoms with van der Waals surface area (Å²) in [6, 6.07) is 0. The van der Waals surface area contributed by atoms with Gasteiger partial charge in [-0.2, -0.15) is 0 Å². The predicted molar refractivity (Wildman–Crippen MR) is 233 cm³/mol. The number of carbonyl (C=O) groups excluding carboxylic acids is 2. The van der Waals surface area contributed by atoms with Crippen molar-refractivity contribution in [3.63, 3.8) is 0 Å². The molecule has 19 nitrogen and oxygen atoms in total. The highest BCUT2D eigenvalue weighted by atomic mass is 16.8. The van der Waals surface area contributed by atoms with Gasteiger partial charge in [0.05, 0.1) is 48.8 Å². The van der Waals surface area contributed by atoms with Crippen LogP contribution in [0.3, 0.4) is 0 Å². The number of esters is 2. The fourth-order valence-electron chi connectivity index (χ4n) is 14.6. The highest BCUT2D eigenvalue weighted by Gasteiger charge is 2.68. The molecular formula is C49H76O19. The average Bonchev–Trinajstić information content (AvgIpc) is 3.83. The lowest BCUT2D eigenvalue weighted by Gasteiger charge is -2.64. The van der Waals surface area contributed by atoms with Crippen molar-refractivity contribution in [2.45, 2.75) is 235 Å². The molecule has 0 radical (unpaired) electrons. The number of aliphatic hydroxyl groups excluding tert-OH is 6. The molecule has 4 aliphatic carbocycles. The van der Waals surface area contributed by atoms with E-state index in [1.165, 1.54) is 6.92 Å². The molecule has 5 heterocycles. The van der Waals surface area contributed by atoms with Gasteiger partial charge in [0, 0.05) is 37.7 Å². The normalized spacial score (nSPS) is 52.8. The highest BCUT2D eigenvalue weighted by molar-refractivity contribution is 5.85. The Morgan fingerprint density at radius 2 is 1.34 bits per heavy atom. The van der Waals surface area contributed by atoms with Crippen LogP contribution in [0.1, 0.15) is 119 Å². The topological polar surface area (TPSA) is 268 Å². The molecule has 8 fully saturated rings. The molecule has 0 bridgehead atoms. The molecule has 0 aromatic carbocycles. The summed E-state index contributed by atoms with van der Waals surface area (Å²) in [5, 5.41) is 76.1. The van der Waals surface area contributed by atoms with Gasteiger partial charge in [-0.3, -0.25) is 4.79 Å². The number of ether oxygens (including phenoxy) is 10. The van der Waals surface area contributed by atoms with Crippen LogP contribution in [-0.2, 0) is 57.0 Å². The van der Waals surface area contributed by atoms with Crippen LogP contribution in [0.25, 0.3) is 0 Å². The number of hydrogen-bond acceptors (Lipinski definition) is 19. The Balaban J connectivity index is 0.746. The summed E-state index contributed by atoms with van der Waals surface area (Å²) < 4.78 is 60.2. The van der Waals surface area contributed by atoms with Crippen molar-refractivity contribution in [2.75, 3.05) is 13.2 Å². The van der Waals surface area contributed by atoms with E-state index in [4.69, 9.17) is 47.4 Å². The number of rotatable bonds is 11. The number of hydrogen-bond donors (Lipinski definition) is 7. The quantitative estimate of drug-likeness (QED) is 0.115. The molecule has 19 heteroatoms. The Hall–Kier alpha value is -1.92. The van der Waals surface area contributed by atoms with Crippen molar-refractivity contribution in [3.05, 3.63) is 11.6 Å². The van der Waals surface area contributed by atoms with Crippen molar-refractivity contribution in [1.29, 1.82) is 0 Å². The van der Waals surface area contributed by atoms with Gasteiger partial charge in [0.2, 0.25) is 0 Å². The van der Waals surface area contributed by atoms with Gasteiger partial charge in [-0.1, -0.05) is 13.8 Å². The Labute approximate surface area is 398 Å². The van der Waals surface area contributed by atoms with Crippen molar-refractivity contribution < 1.29 is 92.7 Å². The molecule has 9 aliphatic rings. The van der Waals surface area contributed by atoms with E-state index in [0.717, 1.165) is 63.4 Å². The molecule has 0 aromatic heterocycles. The second-order valence-corrected chi connectivity index (χ2v) is 22.1. The SMILES string of the molecule is CC(=O)O[C@H]1C[C@H](O[C@@H]2[C@@H](O)C[C@H](O[C@H]3[C@@H](O)C[C@H](O[C@H]4CC[C@@]5(C)[C@@H](CC[C@H]6[C@H]5CC[C@]5(C)[C@@H](C7=CC(=O)OC7)CC[C@]65O)C4)O[C@@H]3C)O[C@@H]2C)O[C@H](C)[C@H]1O[C@H]1O[C@@H](CO)[C@H](O)[C@@H](O)[C@@H]1O. The summed E-state index contributed by atoms with van der Waals surface area (Å²) in [5.74, 6) is 0.357. The molecule has 0 spiro atoms. The lowest BCUT2D eigenvalue weighted by Crippen LogP contribution is -2.62. The summed E-state index contributed by atoms with van der Waals surface area (Å²) in [7, 11) is 0. The largest absolute Gasteiger partial charge is 0.459 e. The molecule has 4 saturated heterocycles. The molecule has 68 heavy (non-hydrogen) atoms. The molecule has 386 valence electrons. The van der Waals surface area contributed by atoms with E-state index in [-0.39, 0.29) is 54.0 Å². The third kappa shape index (κ3) is 9.36. The standard InChI is InChI=1S/C49H76O19/c1-22-43(66-38-18-33(53)44(23(2)61-38)67-39-19-34(63-25(4)51)45(24(3)62-39)68-46-42(57)41(56)40(55)35(20-50)65-46)32(52)17-37(60-22)64-28-9-12-47(5)27(16-28)7-8-31-30(47)10-13-48(6)29(11-14-49(31,48)58)26-15-36(54)59-21-26/h15,22-24,27-35,37-46,50,52-53,55-58H,7-14,16-21H2,1-6H3/t22-,23-,24-,27+,28+,29-,30-,31+,32+,33+,34+,35+,37+,38+,39+,40+,41-,42+,43-,44+,45-,46-,47+,48-,49+/m1/s1. The monoisotopic (exact) mass is 968 g/mol. The van der Waals surface area contributed by atoms with E-state index >= 15 is 0 Å². The summed E-state index contributed by atoms with van der Waals surface area (Å²) in [6.45, 7) is 10.8. The fourth-order valence-corrected chi connectivity index (χ4v) is 14.6. The van der Waals surface area contributed by atoms with Gasteiger partial charge in [-0.15, -0.1) is 0 Å². The summed E-state index contributed by atoms with van der Waals surface area (Å²) in [5.41, 5.74) is 0.0925. The Bertz CT molecular complexity index is 1810. The van der Waals surface area contributed by atoms with E-state index in [2.05, 4.69) is 13.8 Å². The smallest absolute Gasteiger partial charge is 0.331 e. The highest BCUT2D eigenvalue weighted by Crippen LogP contribution is 2.70. The van der Waals surface area contributed by atoms with Crippen molar-refractivity contribution in [2.24, 2.45) is 34.5 Å². The molecule has 9 rings (SSSR count). The Kier molecular flexibility index (Phi) is 14.9. The van der Waals surface area contributed by atoms with Gasteiger partial charge in [-0.25, -0.2) is 4.79 Å². The molecular weight excluding hydrogens is 893 g/mol. The van der Waals surface area contributed by atoms with Crippen molar-refractivity contribution in [3.8, 4) is 0 Å². The van der Waals surface area contributed by atoms with Crippen LogP contribution < -0.4 is 0 Å².